The molecule has 168 valence electrons. The Labute approximate surface area is 178 Å². The zero-order valence-corrected chi connectivity index (χ0v) is 17.3. The van der Waals surface area contributed by atoms with Gasteiger partial charge in [-0.3, -0.25) is 9.69 Å². The van der Waals surface area contributed by atoms with E-state index in [0.717, 1.165) is 43.6 Å². The molecule has 1 aliphatic rings. The van der Waals surface area contributed by atoms with Crippen LogP contribution in [0.1, 0.15) is 30.4 Å². The van der Waals surface area contributed by atoms with Crippen molar-refractivity contribution >= 4 is 5.78 Å². The number of hydrogen-bond donors (Lipinski definition) is 0. The minimum absolute atomic E-state index is 0.0735. The molecule has 2 aromatic rings. The molecule has 1 saturated heterocycles. The first kappa shape index (κ1) is 23.1. The van der Waals surface area contributed by atoms with Crippen LogP contribution in [0.15, 0.2) is 42.5 Å². The van der Waals surface area contributed by atoms with Crippen LogP contribution in [0.4, 0.5) is 17.6 Å². The SMILES string of the molecule is COc1ccc(CN2CCC(CC(=O)COc3ccc(C(F)(F)F)cc3)CC2)cc1F. The van der Waals surface area contributed by atoms with Gasteiger partial charge in [0.2, 0.25) is 0 Å². The van der Waals surface area contributed by atoms with Crippen LogP contribution in [0, 0.1) is 11.7 Å². The van der Waals surface area contributed by atoms with E-state index >= 15 is 0 Å². The number of benzene rings is 2. The fourth-order valence-electron chi connectivity index (χ4n) is 3.70. The maximum absolute atomic E-state index is 13.8. The first-order valence-corrected chi connectivity index (χ1v) is 10.1. The number of rotatable bonds is 8. The van der Waals surface area contributed by atoms with Crippen molar-refractivity contribution in [3.05, 3.63) is 59.4 Å². The quantitative estimate of drug-likeness (QED) is 0.537. The van der Waals surface area contributed by atoms with Gasteiger partial charge in [0.25, 0.3) is 0 Å². The number of methoxy groups -OCH3 is 1. The zero-order chi connectivity index (χ0) is 22.4. The van der Waals surface area contributed by atoms with Crippen LogP contribution in [0.5, 0.6) is 11.5 Å². The Morgan fingerprint density at radius 3 is 2.35 bits per heavy atom. The third-order valence-corrected chi connectivity index (χ3v) is 5.43. The lowest BCUT2D eigenvalue weighted by molar-refractivity contribution is -0.137. The van der Waals surface area contributed by atoms with Gasteiger partial charge >= 0.3 is 6.18 Å². The highest BCUT2D eigenvalue weighted by Crippen LogP contribution is 2.30. The molecule has 0 N–H and O–H groups in total. The van der Waals surface area contributed by atoms with Crippen LogP contribution in [0.3, 0.4) is 0 Å². The van der Waals surface area contributed by atoms with Crippen molar-refractivity contribution in [1.29, 1.82) is 0 Å². The predicted octanol–water partition coefficient (Wildman–Crippen LogP) is 5.10. The molecular weight excluding hydrogens is 414 g/mol. The van der Waals surface area contributed by atoms with Gasteiger partial charge in [-0.15, -0.1) is 0 Å². The molecule has 0 unspecified atom stereocenters. The maximum atomic E-state index is 13.8. The van der Waals surface area contributed by atoms with E-state index in [9.17, 15) is 22.4 Å². The normalized spacial score (nSPS) is 15.6. The molecule has 8 heteroatoms. The standard InChI is InChI=1S/C23H25F4NO3/c1-30-22-7-2-17(13-21(22)24)14-28-10-8-16(9-11-28)12-19(29)15-31-20-5-3-18(4-6-20)23(25,26)27/h2-7,13,16H,8-12,14-15H2,1H3. The number of likely N-dealkylation sites (tertiary alicyclic amines) is 1. The Morgan fingerprint density at radius 1 is 1.10 bits per heavy atom. The van der Waals surface area contributed by atoms with Crippen LogP contribution >= 0.6 is 0 Å². The van der Waals surface area contributed by atoms with Crippen molar-refractivity contribution in [2.24, 2.45) is 5.92 Å². The number of piperidine rings is 1. The molecule has 0 aliphatic carbocycles. The van der Waals surface area contributed by atoms with Crippen LogP contribution in [0.2, 0.25) is 0 Å². The summed E-state index contributed by atoms with van der Waals surface area (Å²) in [6.45, 7) is 2.10. The average Bonchev–Trinajstić information content (AvgIpc) is 2.73. The van der Waals surface area contributed by atoms with Gasteiger partial charge in [-0.2, -0.15) is 13.2 Å². The number of alkyl halides is 3. The number of ketones is 1. The molecule has 1 aliphatic heterocycles. The molecule has 0 bridgehead atoms. The van der Waals surface area contributed by atoms with Gasteiger partial charge in [-0.25, -0.2) is 4.39 Å². The van der Waals surface area contributed by atoms with Gasteiger partial charge in [0.15, 0.2) is 17.3 Å². The predicted molar refractivity (Wildman–Crippen MR) is 108 cm³/mol. The van der Waals surface area contributed by atoms with Crippen molar-refractivity contribution in [3.8, 4) is 11.5 Å². The highest BCUT2D eigenvalue weighted by molar-refractivity contribution is 5.80. The van der Waals surface area contributed by atoms with E-state index in [4.69, 9.17) is 9.47 Å². The number of carbonyl (C=O) groups is 1. The monoisotopic (exact) mass is 439 g/mol. The third-order valence-electron chi connectivity index (χ3n) is 5.43. The fraction of sp³-hybridized carbons (Fsp3) is 0.435. The summed E-state index contributed by atoms with van der Waals surface area (Å²) < 4.78 is 61.8. The summed E-state index contributed by atoms with van der Waals surface area (Å²) in [4.78, 5) is 14.4. The molecule has 4 nitrogen and oxygen atoms in total. The number of nitrogens with zero attached hydrogens (tertiary/aromatic N) is 1. The van der Waals surface area contributed by atoms with Crippen molar-refractivity contribution in [1.82, 2.24) is 4.90 Å². The van der Waals surface area contributed by atoms with Gasteiger partial charge in [0.05, 0.1) is 12.7 Å². The lowest BCUT2D eigenvalue weighted by Crippen LogP contribution is -2.34. The van der Waals surface area contributed by atoms with E-state index in [1.807, 2.05) is 6.07 Å². The summed E-state index contributed by atoms with van der Waals surface area (Å²) in [6, 6.07) is 9.25. The van der Waals surface area contributed by atoms with E-state index in [2.05, 4.69) is 4.90 Å². The largest absolute Gasteiger partial charge is 0.494 e. The second-order valence-corrected chi connectivity index (χ2v) is 7.74. The molecule has 3 rings (SSSR count). The molecule has 1 heterocycles. The van der Waals surface area contributed by atoms with Crippen molar-refractivity contribution in [2.75, 3.05) is 26.8 Å². The van der Waals surface area contributed by atoms with Crippen molar-refractivity contribution < 1.29 is 31.8 Å². The Morgan fingerprint density at radius 2 is 1.77 bits per heavy atom. The van der Waals surface area contributed by atoms with Crippen LogP contribution < -0.4 is 9.47 Å². The summed E-state index contributed by atoms with van der Waals surface area (Å²) in [6.07, 6.45) is -2.31. The van der Waals surface area contributed by atoms with E-state index in [1.165, 1.54) is 25.3 Å². The fourth-order valence-corrected chi connectivity index (χ4v) is 3.70. The number of ether oxygens (including phenoxy) is 2. The summed E-state index contributed by atoms with van der Waals surface area (Å²) in [7, 11) is 1.43. The van der Waals surface area contributed by atoms with Gasteiger partial charge in [0.1, 0.15) is 12.4 Å². The summed E-state index contributed by atoms with van der Waals surface area (Å²) >= 11 is 0. The molecule has 0 radical (unpaired) electrons. The molecule has 0 amide bonds. The first-order valence-electron chi connectivity index (χ1n) is 10.1. The minimum atomic E-state index is -4.40. The van der Waals surface area contributed by atoms with Gasteiger partial charge in [-0.1, -0.05) is 6.07 Å². The molecule has 0 atom stereocenters. The number of carbonyl (C=O) groups excluding carboxylic acids is 1. The first-order chi connectivity index (χ1) is 14.7. The highest BCUT2D eigenvalue weighted by atomic mass is 19.4. The Balaban J connectivity index is 1.39. The number of hydrogen-bond acceptors (Lipinski definition) is 4. The zero-order valence-electron chi connectivity index (χ0n) is 17.3. The molecular formula is C23H25F4NO3. The Bertz CT molecular complexity index is 875. The van der Waals surface area contributed by atoms with Crippen LogP contribution in [-0.4, -0.2) is 37.5 Å². The van der Waals surface area contributed by atoms with E-state index in [1.54, 1.807) is 6.07 Å². The Hall–Kier alpha value is -2.61. The van der Waals surface area contributed by atoms with E-state index in [-0.39, 0.29) is 35.6 Å². The molecule has 0 saturated carbocycles. The lowest BCUT2D eigenvalue weighted by Gasteiger charge is -2.31. The van der Waals surface area contributed by atoms with E-state index < -0.39 is 11.7 Å². The minimum Gasteiger partial charge on any atom is -0.494 e. The summed E-state index contributed by atoms with van der Waals surface area (Å²) in [5, 5.41) is 0. The number of halogens is 4. The van der Waals surface area contributed by atoms with Crippen molar-refractivity contribution in [3.63, 3.8) is 0 Å². The van der Waals surface area contributed by atoms with Crippen molar-refractivity contribution in [2.45, 2.75) is 32.0 Å². The van der Waals surface area contributed by atoms with E-state index in [0.29, 0.717) is 13.0 Å². The molecule has 2 aromatic carbocycles. The molecule has 0 spiro atoms. The second kappa shape index (κ2) is 10.1. The average molecular weight is 439 g/mol. The lowest BCUT2D eigenvalue weighted by atomic mass is 9.91. The van der Waals surface area contributed by atoms with Gasteiger partial charge < -0.3 is 9.47 Å². The molecule has 0 aromatic heterocycles. The van der Waals surface area contributed by atoms with Gasteiger partial charge in [0, 0.05) is 13.0 Å². The molecule has 1 fully saturated rings. The second-order valence-electron chi connectivity index (χ2n) is 7.74. The summed E-state index contributed by atoms with van der Waals surface area (Å²) in [5.41, 5.74) is 0.119. The Kier molecular flexibility index (Phi) is 7.54. The smallest absolute Gasteiger partial charge is 0.416 e. The number of Topliss-reactive ketones (excluding diaryl/α,β-unsaturated/α-hetero) is 1. The van der Waals surface area contributed by atoms with Crippen LogP contribution in [0.25, 0.3) is 0 Å². The topological polar surface area (TPSA) is 38.8 Å². The van der Waals surface area contributed by atoms with Crippen LogP contribution in [-0.2, 0) is 17.5 Å². The maximum Gasteiger partial charge on any atom is 0.416 e. The summed E-state index contributed by atoms with van der Waals surface area (Å²) in [5.74, 6) is 0.249. The highest BCUT2D eigenvalue weighted by Gasteiger charge is 2.30. The third kappa shape index (κ3) is 6.69. The van der Waals surface area contributed by atoms with Gasteiger partial charge in [-0.05, 0) is 73.8 Å². The molecule has 31 heavy (non-hydrogen) atoms.